The Bertz CT molecular complexity index is 70.1. The van der Waals surface area contributed by atoms with Gasteiger partial charge in [0.15, 0.2) is 0 Å². The van der Waals surface area contributed by atoms with Crippen LogP contribution in [0, 0.1) is 0 Å². The van der Waals surface area contributed by atoms with E-state index < -0.39 is 6.10 Å². The maximum atomic E-state index is 10.2. The van der Waals surface area contributed by atoms with E-state index in [0.717, 1.165) is 0 Å². The fourth-order valence-corrected chi connectivity index (χ4v) is 0.209. The van der Waals surface area contributed by atoms with Gasteiger partial charge < -0.3 is 10.4 Å². The van der Waals surface area contributed by atoms with Gasteiger partial charge in [0.1, 0.15) is 6.10 Å². The van der Waals surface area contributed by atoms with Crippen molar-refractivity contribution in [3.63, 3.8) is 0 Å². The summed E-state index contributed by atoms with van der Waals surface area (Å²) in [6, 6.07) is 0. The fourth-order valence-electron chi connectivity index (χ4n) is 0.209. The molecule has 0 heterocycles. The predicted octanol–water partition coefficient (Wildman–Crippen LogP) is -0.887. The number of aliphatic hydroxyl groups excluding tert-OH is 1. The molecule has 0 unspecified atom stereocenters. The van der Waals surface area contributed by atoms with Gasteiger partial charge in [-0.15, -0.1) is 0 Å². The van der Waals surface area contributed by atoms with Crippen molar-refractivity contribution in [1.29, 1.82) is 0 Å². The van der Waals surface area contributed by atoms with Crippen LogP contribution in [0.25, 0.3) is 0 Å². The first-order valence-electron chi connectivity index (χ1n) is 2.08. The molecular formula is C4H9NO2. The smallest absolute Gasteiger partial charge is 0.248 e. The summed E-state index contributed by atoms with van der Waals surface area (Å²) in [6.45, 7) is 1.42. The third-order valence-corrected chi connectivity index (χ3v) is 0.626. The third-order valence-electron chi connectivity index (χ3n) is 0.626. The summed E-state index contributed by atoms with van der Waals surface area (Å²) in [5.74, 6) is -0.347. The zero-order chi connectivity index (χ0) is 5.86. The molecule has 0 aromatic heterocycles. The Labute approximate surface area is 42.3 Å². The molecule has 1 atom stereocenters. The number of nitrogens with one attached hydrogen (secondary N) is 1. The van der Waals surface area contributed by atoms with Crippen LogP contribution in [0.15, 0.2) is 0 Å². The summed E-state index contributed by atoms with van der Waals surface area (Å²) >= 11 is 0. The van der Waals surface area contributed by atoms with E-state index in [1.54, 1.807) is 0 Å². The highest BCUT2D eigenvalue weighted by molar-refractivity contribution is 5.79. The van der Waals surface area contributed by atoms with Crippen molar-refractivity contribution >= 4 is 5.91 Å². The van der Waals surface area contributed by atoms with Crippen LogP contribution >= 0.6 is 0 Å². The van der Waals surface area contributed by atoms with Gasteiger partial charge in [0.05, 0.1) is 0 Å². The maximum Gasteiger partial charge on any atom is 0.248 e. The van der Waals surface area contributed by atoms with E-state index in [1.165, 1.54) is 14.0 Å². The fraction of sp³-hybridized carbons (Fsp3) is 0.750. The van der Waals surface area contributed by atoms with Gasteiger partial charge in [-0.3, -0.25) is 4.79 Å². The Morgan fingerprint density at radius 3 is 2.29 bits per heavy atom. The number of carbonyl (C=O) groups excluding carboxylic acids is 1. The van der Waals surface area contributed by atoms with Gasteiger partial charge in [0.2, 0.25) is 5.91 Å². The van der Waals surface area contributed by atoms with E-state index in [2.05, 4.69) is 5.32 Å². The third kappa shape index (κ3) is 2.17. The van der Waals surface area contributed by atoms with E-state index in [9.17, 15) is 4.79 Å². The molecule has 0 spiro atoms. The first kappa shape index (κ1) is 6.43. The van der Waals surface area contributed by atoms with Gasteiger partial charge in [-0.2, -0.15) is 0 Å². The minimum absolute atomic E-state index is 0.347. The molecule has 0 aliphatic carbocycles. The van der Waals surface area contributed by atoms with E-state index in [0.29, 0.717) is 0 Å². The lowest BCUT2D eigenvalue weighted by Gasteiger charge is -1.98. The molecule has 0 saturated carbocycles. The summed E-state index contributed by atoms with van der Waals surface area (Å²) in [4.78, 5) is 10.2. The average molecular weight is 103 g/mol. The van der Waals surface area contributed by atoms with Crippen molar-refractivity contribution in [2.45, 2.75) is 13.0 Å². The molecule has 0 aromatic carbocycles. The lowest BCUT2D eigenvalue weighted by molar-refractivity contribution is -0.127. The molecule has 3 nitrogen and oxygen atoms in total. The van der Waals surface area contributed by atoms with Crippen LogP contribution < -0.4 is 5.32 Å². The minimum atomic E-state index is -0.884. The van der Waals surface area contributed by atoms with Crippen LogP contribution in [-0.2, 0) is 4.79 Å². The van der Waals surface area contributed by atoms with Gasteiger partial charge in [0, 0.05) is 7.05 Å². The van der Waals surface area contributed by atoms with Crippen LogP contribution in [0.1, 0.15) is 6.92 Å². The normalized spacial score (nSPS) is 13.0. The van der Waals surface area contributed by atoms with Crippen LogP contribution in [0.4, 0.5) is 0 Å². The van der Waals surface area contributed by atoms with Gasteiger partial charge >= 0.3 is 0 Å². The minimum Gasteiger partial charge on any atom is -0.384 e. The zero-order valence-corrected chi connectivity index (χ0v) is 4.43. The number of hydrogen-bond donors (Lipinski definition) is 2. The van der Waals surface area contributed by atoms with E-state index in [1.807, 2.05) is 0 Å². The molecule has 0 saturated heterocycles. The summed E-state index contributed by atoms with van der Waals surface area (Å²) in [7, 11) is 1.48. The van der Waals surface area contributed by atoms with E-state index in [4.69, 9.17) is 5.11 Å². The topological polar surface area (TPSA) is 49.3 Å². The summed E-state index contributed by atoms with van der Waals surface area (Å²) in [6.07, 6.45) is -0.884. The van der Waals surface area contributed by atoms with E-state index in [-0.39, 0.29) is 5.91 Å². The quantitative estimate of drug-likeness (QED) is 0.452. The van der Waals surface area contributed by atoms with Crippen LogP contribution in [0.2, 0.25) is 0 Å². The van der Waals surface area contributed by atoms with Crippen LogP contribution in [0.3, 0.4) is 0 Å². The monoisotopic (exact) mass is 103 g/mol. The summed E-state index contributed by atoms with van der Waals surface area (Å²) in [5, 5.41) is 10.7. The number of aliphatic hydroxyl groups is 1. The molecular weight excluding hydrogens is 94.0 g/mol. The highest BCUT2D eigenvalue weighted by Gasteiger charge is 2.02. The molecule has 0 radical (unpaired) electrons. The molecule has 2 N–H and O–H groups in total. The number of hydrogen-bond acceptors (Lipinski definition) is 2. The van der Waals surface area contributed by atoms with Crippen molar-refractivity contribution in [1.82, 2.24) is 5.32 Å². The molecule has 0 rings (SSSR count). The molecule has 7 heavy (non-hydrogen) atoms. The first-order valence-corrected chi connectivity index (χ1v) is 2.08. The molecule has 0 aliphatic rings. The molecule has 0 aliphatic heterocycles. The highest BCUT2D eigenvalue weighted by atomic mass is 16.3. The lowest BCUT2D eigenvalue weighted by Crippen LogP contribution is -2.28. The molecule has 1 amide bonds. The highest BCUT2D eigenvalue weighted by Crippen LogP contribution is 1.74. The van der Waals surface area contributed by atoms with Crippen molar-refractivity contribution < 1.29 is 9.90 Å². The molecule has 0 aromatic rings. The lowest BCUT2D eigenvalue weighted by atomic mass is 10.4. The van der Waals surface area contributed by atoms with Crippen molar-refractivity contribution in [3.8, 4) is 0 Å². The standard InChI is InChI=1S/C4H9NO2/c1-3(6)4(7)5-2/h3,6H,1-2H3,(H,5,7)/t3-/m1/s1. The maximum absolute atomic E-state index is 10.2. The number of rotatable bonds is 1. The molecule has 0 fully saturated rings. The number of likely N-dealkylation sites (N-methyl/N-ethyl adjacent to an activating group) is 1. The average Bonchev–Trinajstić information content (AvgIpc) is 1.65. The number of carbonyl (C=O) groups is 1. The van der Waals surface area contributed by atoms with Gasteiger partial charge in [-0.1, -0.05) is 0 Å². The summed E-state index contributed by atoms with van der Waals surface area (Å²) < 4.78 is 0. The SMILES string of the molecule is CNC(=O)[C@@H](C)O. The number of amides is 1. The Morgan fingerprint density at radius 2 is 2.29 bits per heavy atom. The summed E-state index contributed by atoms with van der Waals surface area (Å²) in [5.41, 5.74) is 0. The second-order valence-corrected chi connectivity index (χ2v) is 1.29. The Hall–Kier alpha value is -0.570. The van der Waals surface area contributed by atoms with Gasteiger partial charge in [0.25, 0.3) is 0 Å². The van der Waals surface area contributed by atoms with Crippen molar-refractivity contribution in [2.24, 2.45) is 0 Å². The second kappa shape index (κ2) is 2.58. The van der Waals surface area contributed by atoms with Crippen LogP contribution in [-0.4, -0.2) is 24.2 Å². The first-order chi connectivity index (χ1) is 3.18. The largest absolute Gasteiger partial charge is 0.384 e. The molecule has 3 heteroatoms. The van der Waals surface area contributed by atoms with Crippen molar-refractivity contribution in [3.05, 3.63) is 0 Å². The molecule has 42 valence electrons. The second-order valence-electron chi connectivity index (χ2n) is 1.29. The van der Waals surface area contributed by atoms with Gasteiger partial charge in [-0.05, 0) is 6.92 Å². The Morgan fingerprint density at radius 1 is 1.86 bits per heavy atom. The van der Waals surface area contributed by atoms with Crippen LogP contribution in [0.5, 0.6) is 0 Å². The van der Waals surface area contributed by atoms with Crippen molar-refractivity contribution in [2.75, 3.05) is 7.05 Å². The Balaban J connectivity index is 3.35. The van der Waals surface area contributed by atoms with Gasteiger partial charge in [-0.25, -0.2) is 0 Å². The zero-order valence-electron chi connectivity index (χ0n) is 4.43. The Kier molecular flexibility index (Phi) is 2.37. The van der Waals surface area contributed by atoms with E-state index >= 15 is 0 Å². The molecule has 0 bridgehead atoms. The predicted molar refractivity (Wildman–Crippen MR) is 25.7 cm³/mol.